The highest BCUT2D eigenvalue weighted by atomic mass is 16.5. The maximum atomic E-state index is 12.0. The van der Waals surface area contributed by atoms with Gasteiger partial charge in [0.2, 0.25) is 0 Å². The molecular formula is C22H32N4O3. The first kappa shape index (κ1) is 20.0. The van der Waals surface area contributed by atoms with Crippen LogP contribution in [-0.4, -0.2) is 67.8 Å². The molecule has 2 fully saturated rings. The van der Waals surface area contributed by atoms with Gasteiger partial charge in [-0.2, -0.15) is 0 Å². The average molecular weight is 401 g/mol. The van der Waals surface area contributed by atoms with E-state index in [-0.39, 0.29) is 17.5 Å². The largest absolute Gasteiger partial charge is 0.453 e. The Balaban J connectivity index is 1.45. The number of fused-ring (bicyclic) bond motifs is 2. The van der Waals surface area contributed by atoms with Gasteiger partial charge in [-0.3, -0.25) is 4.90 Å². The number of ether oxygens (including phenoxy) is 1. The first-order chi connectivity index (χ1) is 14.0. The number of carbonyl (C=O) groups excluding carboxylic acids is 2. The summed E-state index contributed by atoms with van der Waals surface area (Å²) in [6.45, 7) is 4.37. The van der Waals surface area contributed by atoms with E-state index in [4.69, 9.17) is 10.5 Å². The SMILES string of the molecule is COC(=O)N1CCC(N2CCC3(CCCN(C(N)=O)c4ccccc43)CC2)CC1. The zero-order valence-electron chi connectivity index (χ0n) is 17.3. The van der Waals surface area contributed by atoms with Gasteiger partial charge in [-0.25, -0.2) is 9.59 Å². The number of hydrogen-bond donors (Lipinski definition) is 1. The van der Waals surface area contributed by atoms with Gasteiger partial charge in [-0.05, 0) is 68.7 Å². The highest BCUT2D eigenvalue weighted by molar-refractivity contribution is 5.92. The van der Waals surface area contributed by atoms with Crippen molar-refractivity contribution < 1.29 is 14.3 Å². The number of carbonyl (C=O) groups is 2. The Labute approximate surface area is 172 Å². The van der Waals surface area contributed by atoms with Crippen LogP contribution < -0.4 is 10.6 Å². The van der Waals surface area contributed by atoms with Crippen LogP contribution >= 0.6 is 0 Å². The third-order valence-corrected chi connectivity index (χ3v) is 7.24. The number of methoxy groups -OCH3 is 1. The molecule has 3 amide bonds. The fraction of sp³-hybridized carbons (Fsp3) is 0.636. The molecule has 0 radical (unpaired) electrons. The normalized spacial score (nSPS) is 22.8. The van der Waals surface area contributed by atoms with Crippen LogP contribution in [0.5, 0.6) is 0 Å². The molecule has 0 unspecified atom stereocenters. The number of piperidine rings is 2. The van der Waals surface area contributed by atoms with Crippen molar-refractivity contribution in [2.24, 2.45) is 5.73 Å². The Morgan fingerprint density at radius 3 is 2.38 bits per heavy atom. The van der Waals surface area contributed by atoms with Crippen molar-refractivity contribution in [3.63, 3.8) is 0 Å². The molecule has 3 aliphatic rings. The fourth-order valence-electron chi connectivity index (χ4n) is 5.60. The van der Waals surface area contributed by atoms with E-state index in [1.165, 1.54) is 12.7 Å². The second kappa shape index (κ2) is 8.22. The molecule has 0 aromatic heterocycles. The van der Waals surface area contributed by atoms with E-state index in [9.17, 15) is 9.59 Å². The van der Waals surface area contributed by atoms with Crippen LogP contribution in [0.15, 0.2) is 24.3 Å². The number of anilines is 1. The Morgan fingerprint density at radius 1 is 1.03 bits per heavy atom. The lowest BCUT2D eigenvalue weighted by Crippen LogP contribution is -2.51. The molecule has 0 aliphatic carbocycles. The topological polar surface area (TPSA) is 79.1 Å². The molecule has 4 rings (SSSR count). The smallest absolute Gasteiger partial charge is 0.409 e. The van der Waals surface area contributed by atoms with Crippen LogP contribution in [0.25, 0.3) is 0 Å². The van der Waals surface area contributed by atoms with E-state index < -0.39 is 0 Å². The fourth-order valence-corrected chi connectivity index (χ4v) is 5.60. The molecule has 2 saturated heterocycles. The number of nitrogens with two attached hydrogens (primary N) is 1. The molecule has 1 aromatic carbocycles. The molecule has 0 atom stereocenters. The summed E-state index contributed by atoms with van der Waals surface area (Å²) in [5.41, 5.74) is 8.09. The first-order valence-corrected chi connectivity index (χ1v) is 10.8. The molecule has 7 heteroatoms. The van der Waals surface area contributed by atoms with Crippen molar-refractivity contribution in [3.05, 3.63) is 29.8 Å². The van der Waals surface area contributed by atoms with Gasteiger partial charge < -0.3 is 20.3 Å². The van der Waals surface area contributed by atoms with Gasteiger partial charge in [0.25, 0.3) is 0 Å². The molecule has 158 valence electrons. The van der Waals surface area contributed by atoms with Gasteiger partial charge in [0, 0.05) is 31.4 Å². The summed E-state index contributed by atoms with van der Waals surface area (Å²) in [6, 6.07) is 8.50. The minimum atomic E-state index is -0.357. The molecule has 3 heterocycles. The molecule has 1 spiro atoms. The Bertz CT molecular complexity index is 752. The van der Waals surface area contributed by atoms with E-state index in [0.29, 0.717) is 12.6 Å². The first-order valence-electron chi connectivity index (χ1n) is 10.8. The number of benzene rings is 1. The summed E-state index contributed by atoms with van der Waals surface area (Å²) in [4.78, 5) is 29.9. The molecule has 3 aliphatic heterocycles. The second-order valence-electron chi connectivity index (χ2n) is 8.62. The summed E-state index contributed by atoms with van der Waals surface area (Å²) < 4.78 is 4.85. The molecule has 29 heavy (non-hydrogen) atoms. The molecule has 0 bridgehead atoms. The highest BCUT2D eigenvalue weighted by Gasteiger charge is 2.41. The van der Waals surface area contributed by atoms with Gasteiger partial charge in [0.05, 0.1) is 7.11 Å². The van der Waals surface area contributed by atoms with Crippen LogP contribution in [0, 0.1) is 0 Å². The lowest BCUT2D eigenvalue weighted by atomic mass is 9.69. The van der Waals surface area contributed by atoms with E-state index in [2.05, 4.69) is 17.0 Å². The quantitative estimate of drug-likeness (QED) is 0.786. The maximum Gasteiger partial charge on any atom is 0.409 e. The molecule has 7 nitrogen and oxygen atoms in total. The van der Waals surface area contributed by atoms with E-state index >= 15 is 0 Å². The predicted octanol–water partition coefficient (Wildman–Crippen LogP) is 2.93. The van der Waals surface area contributed by atoms with Crippen molar-refractivity contribution in [2.75, 3.05) is 44.7 Å². The summed E-state index contributed by atoms with van der Waals surface area (Å²) in [5.74, 6) is 0. The van der Waals surface area contributed by atoms with Crippen LogP contribution in [0.2, 0.25) is 0 Å². The van der Waals surface area contributed by atoms with Crippen LogP contribution in [0.4, 0.5) is 15.3 Å². The van der Waals surface area contributed by atoms with Crippen molar-refractivity contribution in [1.29, 1.82) is 0 Å². The number of rotatable bonds is 1. The van der Waals surface area contributed by atoms with Crippen molar-refractivity contribution in [3.8, 4) is 0 Å². The Morgan fingerprint density at radius 2 is 1.72 bits per heavy atom. The van der Waals surface area contributed by atoms with Crippen molar-refractivity contribution in [2.45, 2.75) is 50.0 Å². The summed E-state index contributed by atoms with van der Waals surface area (Å²) in [6.07, 6.45) is 6.09. The van der Waals surface area contributed by atoms with E-state index in [1.54, 1.807) is 4.90 Å². The Kier molecular flexibility index (Phi) is 5.67. The van der Waals surface area contributed by atoms with Crippen LogP contribution in [-0.2, 0) is 10.2 Å². The van der Waals surface area contributed by atoms with Crippen LogP contribution in [0.1, 0.15) is 44.1 Å². The van der Waals surface area contributed by atoms with Gasteiger partial charge >= 0.3 is 12.1 Å². The predicted molar refractivity (Wildman–Crippen MR) is 112 cm³/mol. The molecule has 1 aromatic rings. The van der Waals surface area contributed by atoms with E-state index in [0.717, 1.165) is 70.4 Å². The summed E-state index contributed by atoms with van der Waals surface area (Å²) >= 11 is 0. The third-order valence-electron chi connectivity index (χ3n) is 7.24. The second-order valence-corrected chi connectivity index (χ2v) is 8.62. The zero-order chi connectivity index (χ0) is 20.4. The van der Waals surface area contributed by atoms with Crippen LogP contribution in [0.3, 0.4) is 0 Å². The lowest BCUT2D eigenvalue weighted by Gasteiger charge is -2.46. The number of likely N-dealkylation sites (tertiary alicyclic amines) is 2. The number of urea groups is 1. The number of primary amides is 1. The minimum Gasteiger partial charge on any atom is -0.453 e. The van der Waals surface area contributed by atoms with Gasteiger partial charge in [-0.15, -0.1) is 0 Å². The molecular weight excluding hydrogens is 368 g/mol. The number of para-hydroxylation sites is 1. The monoisotopic (exact) mass is 400 g/mol. The van der Waals surface area contributed by atoms with Gasteiger partial charge in [-0.1, -0.05) is 18.2 Å². The number of nitrogens with zero attached hydrogens (tertiary/aromatic N) is 3. The van der Waals surface area contributed by atoms with Gasteiger partial charge in [0.15, 0.2) is 0 Å². The van der Waals surface area contributed by atoms with Gasteiger partial charge in [0.1, 0.15) is 0 Å². The molecule has 2 N–H and O–H groups in total. The van der Waals surface area contributed by atoms with E-state index in [1.807, 2.05) is 17.0 Å². The average Bonchev–Trinajstić information content (AvgIpc) is 2.91. The summed E-state index contributed by atoms with van der Waals surface area (Å²) in [5, 5.41) is 0. The maximum absolute atomic E-state index is 12.0. The lowest BCUT2D eigenvalue weighted by molar-refractivity contribution is 0.0595. The number of hydrogen-bond acceptors (Lipinski definition) is 4. The Hall–Kier alpha value is -2.28. The minimum absolute atomic E-state index is 0.129. The van der Waals surface area contributed by atoms with Crippen molar-refractivity contribution in [1.82, 2.24) is 9.80 Å². The highest BCUT2D eigenvalue weighted by Crippen LogP contribution is 2.46. The summed E-state index contributed by atoms with van der Waals surface area (Å²) in [7, 11) is 1.45. The standard InChI is InChI=1S/C22H32N4O3/c1-29-21(28)25-13-7-17(8-14-25)24-15-10-22(11-16-24)9-4-12-26(20(23)27)19-6-3-2-5-18(19)22/h2-3,5-6,17H,4,7-16H2,1H3,(H2,23,27). The third kappa shape index (κ3) is 3.80. The van der Waals surface area contributed by atoms with Crippen molar-refractivity contribution >= 4 is 17.8 Å². The number of amides is 3. The molecule has 0 saturated carbocycles. The zero-order valence-corrected chi connectivity index (χ0v) is 17.3.